The van der Waals surface area contributed by atoms with E-state index in [9.17, 15) is 22.0 Å². The molecule has 78 valence electrons. The van der Waals surface area contributed by atoms with Crippen LogP contribution in [0.1, 0.15) is 17.6 Å². The summed E-state index contributed by atoms with van der Waals surface area (Å²) < 4.78 is 60.7. The van der Waals surface area contributed by atoms with Crippen LogP contribution in [0.15, 0.2) is 12.3 Å². The number of anilines is 1. The van der Waals surface area contributed by atoms with Gasteiger partial charge < -0.3 is 5.73 Å². The van der Waals surface area contributed by atoms with Gasteiger partial charge in [0.2, 0.25) is 0 Å². The Hall–Kier alpha value is -1.40. The number of nitrogens with two attached hydrogens (primary N) is 1. The molecule has 0 radical (unpaired) electrons. The molecule has 1 rings (SSSR count). The van der Waals surface area contributed by atoms with E-state index in [2.05, 4.69) is 4.98 Å². The molecule has 1 aromatic heterocycles. The largest absolute Gasteiger partial charge is 0.418 e. The summed E-state index contributed by atoms with van der Waals surface area (Å²) in [6.07, 6.45) is -7.76. The molecule has 0 aliphatic carbocycles. The minimum atomic E-state index is -4.84. The maximum atomic E-state index is 12.2. The van der Waals surface area contributed by atoms with Crippen LogP contribution in [0.5, 0.6) is 0 Å². The van der Waals surface area contributed by atoms with Gasteiger partial charge in [0.05, 0.1) is 5.56 Å². The lowest BCUT2D eigenvalue weighted by Crippen LogP contribution is -2.11. The second-order valence-corrected chi connectivity index (χ2v) is 2.49. The number of rotatable bonds is 1. The number of nitrogen functional groups attached to an aromatic ring is 1. The predicted octanol–water partition coefficient (Wildman–Crippen LogP) is 2.62. The summed E-state index contributed by atoms with van der Waals surface area (Å²) >= 11 is 0. The Balaban J connectivity index is 3.29. The second-order valence-electron chi connectivity index (χ2n) is 2.49. The first-order valence-corrected chi connectivity index (χ1v) is 3.43. The highest BCUT2D eigenvalue weighted by molar-refractivity contribution is 5.39. The van der Waals surface area contributed by atoms with E-state index < -0.39 is 23.7 Å². The van der Waals surface area contributed by atoms with Crippen molar-refractivity contribution in [1.29, 1.82) is 0 Å². The van der Waals surface area contributed by atoms with Gasteiger partial charge in [-0.25, -0.2) is 13.8 Å². The third-order valence-electron chi connectivity index (χ3n) is 1.50. The predicted molar refractivity (Wildman–Crippen MR) is 38.6 cm³/mol. The zero-order valence-electron chi connectivity index (χ0n) is 6.65. The molecule has 2 nitrogen and oxygen atoms in total. The van der Waals surface area contributed by atoms with Crippen molar-refractivity contribution in [3.8, 4) is 0 Å². The van der Waals surface area contributed by atoms with Crippen molar-refractivity contribution < 1.29 is 22.0 Å². The molecule has 1 aromatic rings. The van der Waals surface area contributed by atoms with Gasteiger partial charge in [-0.05, 0) is 6.07 Å². The smallest absolute Gasteiger partial charge is 0.384 e. The normalized spacial score (nSPS) is 12.1. The van der Waals surface area contributed by atoms with E-state index in [1.54, 1.807) is 0 Å². The number of halogens is 5. The van der Waals surface area contributed by atoms with Crippen molar-refractivity contribution in [3.05, 3.63) is 23.4 Å². The fourth-order valence-corrected chi connectivity index (χ4v) is 0.905. The SMILES string of the molecule is Nc1cc(C(F)F)c(C(F)(F)F)cn1. The van der Waals surface area contributed by atoms with Crippen LogP contribution in [0.3, 0.4) is 0 Å². The van der Waals surface area contributed by atoms with Gasteiger partial charge in [-0.1, -0.05) is 0 Å². The molecule has 14 heavy (non-hydrogen) atoms. The molecule has 0 bridgehead atoms. The van der Waals surface area contributed by atoms with E-state index in [1.165, 1.54) is 0 Å². The number of hydrogen-bond acceptors (Lipinski definition) is 2. The van der Waals surface area contributed by atoms with Crippen molar-refractivity contribution in [1.82, 2.24) is 4.98 Å². The summed E-state index contributed by atoms with van der Waals surface area (Å²) in [5.74, 6) is -0.367. The average Bonchev–Trinajstić information content (AvgIpc) is 2.01. The fraction of sp³-hybridized carbons (Fsp3) is 0.286. The summed E-state index contributed by atoms with van der Waals surface area (Å²) in [6, 6.07) is 0.521. The minimum absolute atomic E-state index is 0.302. The molecule has 0 fully saturated rings. The van der Waals surface area contributed by atoms with Crippen molar-refractivity contribution >= 4 is 5.82 Å². The molecule has 0 spiro atoms. The van der Waals surface area contributed by atoms with Crippen LogP contribution < -0.4 is 5.73 Å². The third kappa shape index (κ3) is 2.09. The first-order chi connectivity index (χ1) is 6.32. The number of hydrogen-bond donors (Lipinski definition) is 1. The van der Waals surface area contributed by atoms with Gasteiger partial charge in [0, 0.05) is 11.8 Å². The van der Waals surface area contributed by atoms with E-state index in [4.69, 9.17) is 5.73 Å². The number of aromatic nitrogens is 1. The lowest BCUT2D eigenvalue weighted by molar-refractivity contribution is -0.139. The summed E-state index contributed by atoms with van der Waals surface area (Å²) in [5, 5.41) is 0. The van der Waals surface area contributed by atoms with Gasteiger partial charge in [0.15, 0.2) is 0 Å². The number of pyridine rings is 1. The Kier molecular flexibility index (Phi) is 2.59. The Morgan fingerprint density at radius 3 is 2.29 bits per heavy atom. The molecule has 7 heteroatoms. The van der Waals surface area contributed by atoms with Crippen LogP contribution in [0.25, 0.3) is 0 Å². The molecule has 0 unspecified atom stereocenters. The Bertz CT molecular complexity index is 333. The van der Waals surface area contributed by atoms with E-state index in [-0.39, 0.29) is 5.82 Å². The first kappa shape index (κ1) is 10.7. The van der Waals surface area contributed by atoms with Crippen LogP contribution in [0.2, 0.25) is 0 Å². The number of alkyl halides is 5. The molecule has 0 atom stereocenters. The Morgan fingerprint density at radius 2 is 1.86 bits per heavy atom. The van der Waals surface area contributed by atoms with Crippen molar-refractivity contribution in [2.75, 3.05) is 5.73 Å². The molecule has 0 aromatic carbocycles. The quantitative estimate of drug-likeness (QED) is 0.726. The molecule has 0 aliphatic heterocycles. The summed E-state index contributed by atoms with van der Waals surface area (Å²) in [6.45, 7) is 0. The topological polar surface area (TPSA) is 38.9 Å². The Labute approximate surface area is 75.5 Å². The summed E-state index contributed by atoms with van der Waals surface area (Å²) in [4.78, 5) is 3.11. The molecular weight excluding hydrogens is 207 g/mol. The average molecular weight is 212 g/mol. The van der Waals surface area contributed by atoms with Crippen LogP contribution in [0, 0.1) is 0 Å². The van der Waals surface area contributed by atoms with Gasteiger partial charge in [0.1, 0.15) is 5.82 Å². The monoisotopic (exact) mass is 212 g/mol. The zero-order valence-corrected chi connectivity index (χ0v) is 6.65. The molecule has 0 amide bonds. The van der Waals surface area contributed by atoms with E-state index in [0.717, 1.165) is 0 Å². The molecular formula is C7H5F5N2. The van der Waals surface area contributed by atoms with Crippen molar-refractivity contribution in [3.63, 3.8) is 0 Å². The van der Waals surface area contributed by atoms with Gasteiger partial charge >= 0.3 is 6.18 Å². The fourth-order valence-electron chi connectivity index (χ4n) is 0.905. The maximum Gasteiger partial charge on any atom is 0.418 e. The summed E-state index contributed by atoms with van der Waals surface area (Å²) in [7, 11) is 0. The highest BCUT2D eigenvalue weighted by atomic mass is 19.4. The number of nitrogens with zero attached hydrogens (tertiary/aromatic N) is 1. The maximum absolute atomic E-state index is 12.2. The van der Waals surface area contributed by atoms with Crippen LogP contribution in [-0.2, 0) is 6.18 Å². The molecule has 0 aliphatic rings. The van der Waals surface area contributed by atoms with Crippen LogP contribution >= 0.6 is 0 Å². The third-order valence-corrected chi connectivity index (χ3v) is 1.50. The van der Waals surface area contributed by atoms with Gasteiger partial charge in [-0.3, -0.25) is 0 Å². The lowest BCUT2D eigenvalue weighted by atomic mass is 10.1. The lowest BCUT2D eigenvalue weighted by Gasteiger charge is -2.11. The highest BCUT2D eigenvalue weighted by Crippen LogP contribution is 2.36. The summed E-state index contributed by atoms with van der Waals surface area (Å²) in [5.41, 5.74) is 2.39. The van der Waals surface area contributed by atoms with Crippen molar-refractivity contribution in [2.45, 2.75) is 12.6 Å². The minimum Gasteiger partial charge on any atom is -0.384 e. The van der Waals surface area contributed by atoms with Gasteiger partial charge in [-0.15, -0.1) is 0 Å². The highest BCUT2D eigenvalue weighted by Gasteiger charge is 2.36. The van der Waals surface area contributed by atoms with Crippen LogP contribution in [0.4, 0.5) is 27.8 Å². The van der Waals surface area contributed by atoms with Gasteiger partial charge in [-0.2, -0.15) is 13.2 Å². The van der Waals surface area contributed by atoms with E-state index in [0.29, 0.717) is 12.3 Å². The van der Waals surface area contributed by atoms with E-state index >= 15 is 0 Å². The van der Waals surface area contributed by atoms with Crippen molar-refractivity contribution in [2.24, 2.45) is 0 Å². The van der Waals surface area contributed by atoms with Crippen LogP contribution in [-0.4, -0.2) is 4.98 Å². The van der Waals surface area contributed by atoms with Gasteiger partial charge in [0.25, 0.3) is 6.43 Å². The second kappa shape index (κ2) is 3.39. The molecule has 0 saturated heterocycles. The zero-order chi connectivity index (χ0) is 10.9. The molecule has 1 heterocycles. The van der Waals surface area contributed by atoms with E-state index in [1.807, 2.05) is 0 Å². The Morgan fingerprint density at radius 1 is 1.29 bits per heavy atom. The molecule has 0 saturated carbocycles. The first-order valence-electron chi connectivity index (χ1n) is 3.43. The standard InChI is InChI=1S/C7H5F5N2/c8-6(9)3-1-5(13)14-2-4(3)7(10,11)12/h1-2,6H,(H2,13,14). The molecule has 2 N–H and O–H groups in total.